The van der Waals surface area contributed by atoms with Gasteiger partial charge in [-0.15, -0.1) is 11.3 Å². The molecule has 0 radical (unpaired) electrons. The van der Waals surface area contributed by atoms with Gasteiger partial charge in [0.2, 0.25) is 5.91 Å². The lowest BCUT2D eigenvalue weighted by molar-refractivity contribution is -0.144. The van der Waals surface area contributed by atoms with Crippen molar-refractivity contribution in [3.05, 3.63) is 56.8 Å². The molecule has 1 N–H and O–H groups in total. The lowest BCUT2D eigenvalue weighted by Crippen LogP contribution is -2.49. The molecule has 1 saturated heterocycles. The fourth-order valence-corrected chi connectivity index (χ4v) is 6.23. The van der Waals surface area contributed by atoms with Gasteiger partial charge in [0.05, 0.1) is 6.61 Å². The van der Waals surface area contributed by atoms with Crippen LogP contribution in [0.3, 0.4) is 0 Å². The summed E-state index contributed by atoms with van der Waals surface area (Å²) in [7, 11) is 0. The van der Waals surface area contributed by atoms with E-state index in [-0.39, 0.29) is 11.8 Å². The second-order valence-corrected chi connectivity index (χ2v) is 9.11. The van der Waals surface area contributed by atoms with Crippen molar-refractivity contribution in [1.82, 2.24) is 4.90 Å². The van der Waals surface area contributed by atoms with Crippen LogP contribution in [0.4, 0.5) is 0 Å². The molecule has 2 aromatic rings. The number of benzene rings is 1. The SMILES string of the molecule is O=C(O)c1cc2c(s1)C1(CCN(C(=O)C3Cc4ccccc4C3)CC1)OCC2. The summed E-state index contributed by atoms with van der Waals surface area (Å²) in [5.74, 6) is -0.572. The summed E-state index contributed by atoms with van der Waals surface area (Å²) in [6.45, 7) is 1.96. The molecular formula is C22H23NO4S. The van der Waals surface area contributed by atoms with Crippen molar-refractivity contribution in [2.24, 2.45) is 5.92 Å². The number of amides is 1. The lowest BCUT2D eigenvalue weighted by Gasteiger charge is -2.44. The zero-order valence-corrected chi connectivity index (χ0v) is 16.5. The van der Waals surface area contributed by atoms with E-state index in [4.69, 9.17) is 4.74 Å². The standard InChI is InChI=1S/C22H23NO4S/c24-20(17-11-14-3-1-2-4-15(14)12-17)23-8-6-22(7-9-23)19-16(5-10-27-22)13-18(28-19)21(25)26/h1-4,13,17H,5-12H2,(H,25,26). The van der Waals surface area contributed by atoms with E-state index in [1.807, 2.05) is 17.0 Å². The van der Waals surface area contributed by atoms with E-state index >= 15 is 0 Å². The predicted molar refractivity (Wildman–Crippen MR) is 106 cm³/mol. The molecule has 1 aromatic heterocycles. The first kappa shape index (κ1) is 17.9. The highest BCUT2D eigenvalue weighted by Crippen LogP contribution is 2.45. The van der Waals surface area contributed by atoms with Crippen LogP contribution in [0, 0.1) is 5.92 Å². The number of nitrogens with zero attached hydrogens (tertiary/aromatic N) is 1. The maximum absolute atomic E-state index is 13.1. The van der Waals surface area contributed by atoms with Crippen LogP contribution < -0.4 is 0 Å². The Kier molecular flexibility index (Phi) is 4.29. The molecule has 3 aliphatic rings. The Bertz CT molecular complexity index is 917. The number of hydrogen-bond acceptors (Lipinski definition) is 4. The molecule has 1 amide bonds. The van der Waals surface area contributed by atoms with Crippen LogP contribution in [0.1, 0.15) is 44.1 Å². The normalized spacial score (nSPS) is 20.8. The highest BCUT2D eigenvalue weighted by atomic mass is 32.1. The third kappa shape index (κ3) is 2.86. The van der Waals surface area contributed by atoms with Gasteiger partial charge >= 0.3 is 5.97 Å². The topological polar surface area (TPSA) is 66.8 Å². The summed E-state index contributed by atoms with van der Waals surface area (Å²) in [5, 5.41) is 9.35. The maximum Gasteiger partial charge on any atom is 0.345 e. The van der Waals surface area contributed by atoms with Gasteiger partial charge in [0.1, 0.15) is 10.5 Å². The van der Waals surface area contributed by atoms with Crippen molar-refractivity contribution in [3.8, 4) is 0 Å². The summed E-state index contributed by atoms with van der Waals surface area (Å²) in [4.78, 5) is 27.9. The Labute approximate surface area is 167 Å². The minimum Gasteiger partial charge on any atom is -0.477 e. The molecular weight excluding hydrogens is 374 g/mol. The summed E-state index contributed by atoms with van der Waals surface area (Å²) in [6, 6.07) is 10.1. The summed E-state index contributed by atoms with van der Waals surface area (Å²) in [6.07, 6.45) is 3.92. The second kappa shape index (κ2) is 6.71. The van der Waals surface area contributed by atoms with Gasteiger partial charge in [-0.2, -0.15) is 0 Å². The number of carboxylic acid groups (broad SMARTS) is 1. The number of hydrogen-bond donors (Lipinski definition) is 1. The number of ether oxygens (including phenoxy) is 1. The van der Waals surface area contributed by atoms with Gasteiger partial charge in [0.15, 0.2) is 0 Å². The molecule has 0 unspecified atom stereocenters. The zero-order valence-electron chi connectivity index (χ0n) is 15.6. The molecule has 1 aliphatic carbocycles. The first-order valence-corrected chi connectivity index (χ1v) is 10.7. The molecule has 1 fully saturated rings. The van der Waals surface area contributed by atoms with Crippen LogP contribution in [0.5, 0.6) is 0 Å². The number of carboxylic acids is 1. The number of fused-ring (bicyclic) bond motifs is 3. The van der Waals surface area contributed by atoms with E-state index in [1.165, 1.54) is 22.5 Å². The van der Waals surface area contributed by atoms with Gasteiger partial charge in [0, 0.05) is 23.9 Å². The van der Waals surface area contributed by atoms with Crippen LogP contribution in [-0.4, -0.2) is 41.6 Å². The van der Waals surface area contributed by atoms with Gasteiger partial charge in [-0.05, 0) is 54.9 Å². The molecule has 146 valence electrons. The third-order valence-corrected chi connectivity index (χ3v) is 7.82. The van der Waals surface area contributed by atoms with E-state index in [0.29, 0.717) is 24.6 Å². The average molecular weight is 397 g/mol. The van der Waals surface area contributed by atoms with Crippen molar-refractivity contribution in [2.75, 3.05) is 19.7 Å². The molecule has 2 aliphatic heterocycles. The van der Waals surface area contributed by atoms with E-state index < -0.39 is 11.6 Å². The largest absolute Gasteiger partial charge is 0.477 e. The Balaban J connectivity index is 1.30. The van der Waals surface area contributed by atoms with Crippen molar-refractivity contribution in [2.45, 2.75) is 37.7 Å². The van der Waals surface area contributed by atoms with Gasteiger partial charge in [-0.25, -0.2) is 4.79 Å². The molecule has 5 nitrogen and oxygen atoms in total. The smallest absolute Gasteiger partial charge is 0.345 e. The molecule has 1 aromatic carbocycles. The van der Waals surface area contributed by atoms with E-state index in [9.17, 15) is 14.7 Å². The maximum atomic E-state index is 13.1. The Morgan fingerprint density at radius 2 is 1.79 bits per heavy atom. The summed E-state index contributed by atoms with van der Waals surface area (Å²) < 4.78 is 6.21. The van der Waals surface area contributed by atoms with Crippen LogP contribution >= 0.6 is 11.3 Å². The number of thiophene rings is 1. The van der Waals surface area contributed by atoms with E-state index in [0.717, 1.165) is 42.5 Å². The highest BCUT2D eigenvalue weighted by molar-refractivity contribution is 7.14. The van der Waals surface area contributed by atoms with Crippen molar-refractivity contribution < 1.29 is 19.4 Å². The molecule has 5 rings (SSSR count). The van der Waals surface area contributed by atoms with Crippen molar-refractivity contribution >= 4 is 23.2 Å². The number of carbonyl (C=O) groups is 2. The molecule has 0 bridgehead atoms. The minimum absolute atomic E-state index is 0.0506. The zero-order chi connectivity index (χ0) is 19.3. The minimum atomic E-state index is -0.872. The molecule has 0 atom stereocenters. The molecule has 0 saturated carbocycles. The Morgan fingerprint density at radius 3 is 2.43 bits per heavy atom. The van der Waals surface area contributed by atoms with Gasteiger partial charge < -0.3 is 14.7 Å². The molecule has 28 heavy (non-hydrogen) atoms. The number of piperidine rings is 1. The van der Waals surface area contributed by atoms with E-state index in [2.05, 4.69) is 12.1 Å². The van der Waals surface area contributed by atoms with Crippen LogP contribution in [0.2, 0.25) is 0 Å². The molecule has 1 spiro atoms. The fraction of sp³-hybridized carbons (Fsp3) is 0.455. The van der Waals surface area contributed by atoms with Gasteiger partial charge in [-0.3, -0.25) is 4.79 Å². The number of likely N-dealkylation sites (tertiary alicyclic amines) is 1. The first-order chi connectivity index (χ1) is 13.6. The Hall–Kier alpha value is -2.18. The predicted octanol–water partition coefficient (Wildman–Crippen LogP) is 3.25. The third-order valence-electron chi connectivity index (χ3n) is 6.47. The van der Waals surface area contributed by atoms with E-state index in [1.54, 1.807) is 6.07 Å². The lowest BCUT2D eigenvalue weighted by atomic mass is 9.85. The summed E-state index contributed by atoms with van der Waals surface area (Å²) in [5.41, 5.74) is 3.30. The number of carbonyl (C=O) groups excluding carboxylic acids is 1. The second-order valence-electron chi connectivity index (χ2n) is 8.06. The average Bonchev–Trinajstić information content (AvgIpc) is 3.33. The van der Waals surface area contributed by atoms with Crippen LogP contribution in [-0.2, 0) is 34.4 Å². The number of rotatable bonds is 2. The van der Waals surface area contributed by atoms with Crippen LogP contribution in [0.25, 0.3) is 0 Å². The fourth-order valence-electron chi connectivity index (χ4n) is 4.98. The molecule has 6 heteroatoms. The highest BCUT2D eigenvalue weighted by Gasteiger charge is 2.44. The Morgan fingerprint density at radius 1 is 1.11 bits per heavy atom. The van der Waals surface area contributed by atoms with Gasteiger partial charge in [0.25, 0.3) is 0 Å². The van der Waals surface area contributed by atoms with Crippen molar-refractivity contribution in [1.29, 1.82) is 0 Å². The van der Waals surface area contributed by atoms with Gasteiger partial charge in [-0.1, -0.05) is 24.3 Å². The number of aromatic carboxylic acids is 1. The van der Waals surface area contributed by atoms with Crippen LogP contribution in [0.15, 0.2) is 30.3 Å². The summed E-state index contributed by atoms with van der Waals surface area (Å²) >= 11 is 1.35. The first-order valence-electron chi connectivity index (χ1n) is 9.92. The van der Waals surface area contributed by atoms with Crippen molar-refractivity contribution in [3.63, 3.8) is 0 Å². The quantitative estimate of drug-likeness (QED) is 0.845. The monoisotopic (exact) mass is 397 g/mol. The molecule has 3 heterocycles.